The molecule has 20 heavy (non-hydrogen) atoms. The summed E-state index contributed by atoms with van der Waals surface area (Å²) in [6, 6.07) is 9.32. The number of fused-ring (bicyclic) bond motifs is 1. The number of hydrogen-bond acceptors (Lipinski definition) is 2. The van der Waals surface area contributed by atoms with Crippen LogP contribution in [0.5, 0.6) is 0 Å². The Hall–Kier alpha value is -1.13. The maximum Gasteiger partial charge on any atom is 0.243 e. The Bertz CT molecular complexity index is 639. The topological polar surface area (TPSA) is 37.1 Å². The third-order valence-corrected chi connectivity index (χ3v) is 6.91. The van der Waals surface area contributed by atoms with Gasteiger partial charge in [-0.05, 0) is 50.7 Å². The van der Waals surface area contributed by atoms with Crippen molar-refractivity contribution in [1.82, 2.24) is 4.31 Å². The molecule has 0 saturated carbocycles. The van der Waals surface area contributed by atoms with Crippen LogP contribution in [0.15, 0.2) is 46.4 Å². The molecule has 4 rings (SSSR count). The summed E-state index contributed by atoms with van der Waals surface area (Å²) in [5.74, 6) is 0. The number of hydrogen-bond donors (Lipinski definition) is 0. The third kappa shape index (κ3) is 1.85. The fraction of sp³-hybridized carbons (Fsp3) is 0.500. The fourth-order valence-corrected chi connectivity index (χ4v) is 5.69. The maximum absolute atomic E-state index is 12.7. The van der Waals surface area contributed by atoms with E-state index in [1.165, 1.54) is 25.7 Å². The van der Waals surface area contributed by atoms with Gasteiger partial charge in [0.05, 0.1) is 4.90 Å². The molecule has 1 heterocycles. The van der Waals surface area contributed by atoms with Crippen molar-refractivity contribution in [2.24, 2.45) is 0 Å². The largest absolute Gasteiger partial charge is 0.243 e. The third-order valence-electron chi connectivity index (χ3n) is 4.94. The molecule has 3 aliphatic rings. The highest BCUT2D eigenvalue weighted by Gasteiger charge is 2.57. The van der Waals surface area contributed by atoms with Crippen LogP contribution < -0.4 is 0 Å². The normalized spacial score (nSPS) is 32.5. The van der Waals surface area contributed by atoms with Gasteiger partial charge in [0.1, 0.15) is 0 Å². The molecule has 0 radical (unpaired) electrons. The van der Waals surface area contributed by atoms with E-state index in [4.69, 9.17) is 0 Å². The summed E-state index contributed by atoms with van der Waals surface area (Å²) in [5.41, 5.74) is 3.12. The monoisotopic (exact) mass is 289 g/mol. The molecule has 2 atom stereocenters. The van der Waals surface area contributed by atoms with E-state index in [9.17, 15) is 8.42 Å². The average molecular weight is 289 g/mol. The summed E-state index contributed by atoms with van der Waals surface area (Å²) in [7, 11) is -3.28. The minimum absolute atomic E-state index is 0.233. The lowest BCUT2D eigenvalue weighted by Gasteiger charge is -2.22. The molecule has 0 bridgehead atoms. The van der Waals surface area contributed by atoms with Gasteiger partial charge in [-0.1, -0.05) is 29.3 Å². The van der Waals surface area contributed by atoms with Crippen LogP contribution in [0.4, 0.5) is 0 Å². The van der Waals surface area contributed by atoms with Gasteiger partial charge in [0.25, 0.3) is 0 Å². The first-order valence-corrected chi connectivity index (χ1v) is 8.90. The summed E-state index contributed by atoms with van der Waals surface area (Å²) in [4.78, 5) is 0.437. The molecule has 0 N–H and O–H groups in total. The predicted octanol–water partition coefficient (Wildman–Crippen LogP) is 3.09. The van der Waals surface area contributed by atoms with E-state index >= 15 is 0 Å². The molecule has 1 aliphatic heterocycles. The van der Waals surface area contributed by atoms with Crippen molar-refractivity contribution < 1.29 is 8.42 Å². The predicted molar refractivity (Wildman–Crippen MR) is 77.8 cm³/mol. The Labute approximate surface area is 120 Å². The van der Waals surface area contributed by atoms with Gasteiger partial charge >= 0.3 is 0 Å². The van der Waals surface area contributed by atoms with Crippen LogP contribution in [0, 0.1) is 0 Å². The van der Waals surface area contributed by atoms with Crippen LogP contribution in [0.3, 0.4) is 0 Å². The van der Waals surface area contributed by atoms with E-state index in [0.717, 1.165) is 12.8 Å². The number of sulfonamides is 1. The second-order valence-electron chi connectivity index (χ2n) is 6.11. The van der Waals surface area contributed by atoms with E-state index in [2.05, 4.69) is 0 Å². The van der Waals surface area contributed by atoms with Gasteiger partial charge in [0.2, 0.25) is 10.0 Å². The van der Waals surface area contributed by atoms with Gasteiger partial charge in [-0.2, -0.15) is 4.31 Å². The molecule has 0 spiro atoms. The highest BCUT2D eigenvalue weighted by Crippen LogP contribution is 2.49. The lowest BCUT2D eigenvalue weighted by molar-refractivity contribution is 0.545. The molecule has 0 amide bonds. The van der Waals surface area contributed by atoms with E-state index < -0.39 is 10.0 Å². The lowest BCUT2D eigenvalue weighted by atomic mass is 9.82. The van der Waals surface area contributed by atoms with Gasteiger partial charge < -0.3 is 0 Å². The van der Waals surface area contributed by atoms with Gasteiger partial charge in [-0.25, -0.2) is 8.42 Å². The maximum atomic E-state index is 12.7. The zero-order valence-electron chi connectivity index (χ0n) is 11.5. The highest BCUT2D eigenvalue weighted by molar-refractivity contribution is 7.89. The Morgan fingerprint density at radius 3 is 2.00 bits per heavy atom. The van der Waals surface area contributed by atoms with Crippen molar-refractivity contribution >= 4 is 10.0 Å². The van der Waals surface area contributed by atoms with Crippen molar-refractivity contribution in [1.29, 1.82) is 0 Å². The molecular weight excluding hydrogens is 270 g/mol. The van der Waals surface area contributed by atoms with Gasteiger partial charge in [-0.15, -0.1) is 0 Å². The summed E-state index contributed by atoms with van der Waals surface area (Å²) in [6.45, 7) is 0. The molecule has 1 aromatic rings. The Kier molecular flexibility index (Phi) is 2.79. The smallest absolute Gasteiger partial charge is 0.207 e. The molecule has 1 saturated heterocycles. The first-order chi connectivity index (χ1) is 9.68. The van der Waals surface area contributed by atoms with Crippen LogP contribution in [-0.2, 0) is 10.0 Å². The van der Waals surface area contributed by atoms with Gasteiger partial charge in [0, 0.05) is 12.1 Å². The van der Waals surface area contributed by atoms with Crippen molar-refractivity contribution in [2.75, 3.05) is 0 Å². The standard InChI is InChI=1S/C16H19NO2S/c18-20(19,14-8-2-1-3-9-14)17-15-10-12-6-4-5-7-13(12)11-16(15)17/h1-3,8-9,15-16H,4-7,10-11H2/t15-,16-/m1/s1. The van der Waals surface area contributed by atoms with Crippen LogP contribution >= 0.6 is 0 Å². The van der Waals surface area contributed by atoms with Crippen molar-refractivity contribution in [3.8, 4) is 0 Å². The molecule has 0 aromatic heterocycles. The Morgan fingerprint density at radius 1 is 0.900 bits per heavy atom. The molecule has 106 valence electrons. The second-order valence-corrected chi connectivity index (χ2v) is 7.95. The van der Waals surface area contributed by atoms with Crippen molar-refractivity contribution in [3.05, 3.63) is 41.5 Å². The number of nitrogens with zero attached hydrogens (tertiary/aromatic N) is 1. The molecule has 4 heteroatoms. The SMILES string of the molecule is O=S(=O)(c1ccccc1)N1[C@@H]2CC3=C(CCCC3)C[C@H]21. The van der Waals surface area contributed by atoms with E-state index in [1.807, 2.05) is 6.07 Å². The van der Waals surface area contributed by atoms with E-state index in [1.54, 1.807) is 39.7 Å². The fourth-order valence-electron chi connectivity index (χ4n) is 3.86. The van der Waals surface area contributed by atoms with Gasteiger partial charge in [0.15, 0.2) is 0 Å². The zero-order valence-corrected chi connectivity index (χ0v) is 12.3. The summed E-state index contributed by atoms with van der Waals surface area (Å²) in [5, 5.41) is 0. The number of benzene rings is 1. The second kappa shape index (κ2) is 4.43. The van der Waals surface area contributed by atoms with Gasteiger partial charge in [-0.3, -0.25) is 0 Å². The van der Waals surface area contributed by atoms with E-state index in [0.29, 0.717) is 4.90 Å². The van der Waals surface area contributed by atoms with Crippen LogP contribution in [0.1, 0.15) is 38.5 Å². The molecule has 0 unspecified atom stereocenters. The summed E-state index contributed by atoms with van der Waals surface area (Å²) < 4.78 is 27.1. The molecule has 2 aliphatic carbocycles. The zero-order chi connectivity index (χ0) is 13.7. The van der Waals surface area contributed by atoms with Crippen LogP contribution in [0.2, 0.25) is 0 Å². The lowest BCUT2D eigenvalue weighted by Crippen LogP contribution is -2.15. The van der Waals surface area contributed by atoms with E-state index in [-0.39, 0.29) is 12.1 Å². The Balaban J connectivity index is 1.60. The number of rotatable bonds is 2. The van der Waals surface area contributed by atoms with Crippen molar-refractivity contribution in [3.63, 3.8) is 0 Å². The first-order valence-electron chi connectivity index (χ1n) is 7.46. The molecule has 1 aromatic carbocycles. The quantitative estimate of drug-likeness (QED) is 0.620. The molecular formula is C16H19NO2S. The minimum Gasteiger partial charge on any atom is -0.207 e. The summed E-state index contributed by atoms with van der Waals surface area (Å²) >= 11 is 0. The Morgan fingerprint density at radius 2 is 1.45 bits per heavy atom. The minimum atomic E-state index is -3.28. The highest BCUT2D eigenvalue weighted by atomic mass is 32.2. The molecule has 3 nitrogen and oxygen atoms in total. The average Bonchev–Trinajstić information content (AvgIpc) is 3.19. The van der Waals surface area contributed by atoms with Crippen LogP contribution in [0.25, 0.3) is 0 Å². The van der Waals surface area contributed by atoms with Crippen LogP contribution in [-0.4, -0.2) is 24.8 Å². The molecule has 1 fully saturated rings. The summed E-state index contributed by atoms with van der Waals surface area (Å²) in [6.07, 6.45) is 6.90. The first kappa shape index (κ1) is 12.6. The van der Waals surface area contributed by atoms with Crippen molar-refractivity contribution in [2.45, 2.75) is 55.5 Å².